The highest BCUT2D eigenvalue weighted by Gasteiger charge is 2.23. The SMILES string of the molecule is CCN(CC)C(=O)CN1CCN(CC(=O)N(CC)CC)CC1. The van der Waals surface area contributed by atoms with E-state index in [1.54, 1.807) is 0 Å². The molecule has 0 N–H and O–H groups in total. The zero-order valence-corrected chi connectivity index (χ0v) is 14.7. The first-order valence-corrected chi connectivity index (χ1v) is 8.55. The van der Waals surface area contributed by atoms with Crippen molar-refractivity contribution < 1.29 is 9.59 Å². The van der Waals surface area contributed by atoms with Crippen LogP contribution in [0.4, 0.5) is 0 Å². The Morgan fingerprint density at radius 2 is 0.955 bits per heavy atom. The molecule has 0 radical (unpaired) electrons. The zero-order chi connectivity index (χ0) is 16.5. The molecule has 0 spiro atoms. The second-order valence-electron chi connectivity index (χ2n) is 5.68. The van der Waals surface area contributed by atoms with Crippen molar-refractivity contribution in [1.82, 2.24) is 19.6 Å². The van der Waals surface area contributed by atoms with Crippen LogP contribution in [0.15, 0.2) is 0 Å². The molecular formula is C16H32N4O2. The van der Waals surface area contributed by atoms with Crippen molar-refractivity contribution in [1.29, 1.82) is 0 Å². The molecule has 0 unspecified atom stereocenters. The third-order valence-corrected chi connectivity index (χ3v) is 4.41. The smallest absolute Gasteiger partial charge is 0.236 e. The Labute approximate surface area is 135 Å². The van der Waals surface area contributed by atoms with Crippen LogP contribution in [-0.4, -0.2) is 96.9 Å². The first kappa shape index (κ1) is 18.9. The third-order valence-electron chi connectivity index (χ3n) is 4.41. The van der Waals surface area contributed by atoms with Crippen molar-refractivity contribution in [2.75, 3.05) is 65.4 Å². The fraction of sp³-hybridized carbons (Fsp3) is 0.875. The minimum absolute atomic E-state index is 0.206. The molecule has 0 aromatic carbocycles. The summed E-state index contributed by atoms with van der Waals surface area (Å²) in [4.78, 5) is 32.3. The van der Waals surface area contributed by atoms with Crippen molar-refractivity contribution in [2.45, 2.75) is 27.7 Å². The molecule has 0 aromatic rings. The molecule has 0 atom stereocenters. The van der Waals surface area contributed by atoms with Gasteiger partial charge in [0.05, 0.1) is 13.1 Å². The van der Waals surface area contributed by atoms with E-state index in [1.165, 1.54) is 0 Å². The van der Waals surface area contributed by atoms with Crippen molar-refractivity contribution in [3.8, 4) is 0 Å². The van der Waals surface area contributed by atoms with Gasteiger partial charge in [-0.2, -0.15) is 0 Å². The second kappa shape index (κ2) is 9.79. The highest BCUT2D eigenvalue weighted by atomic mass is 16.2. The lowest BCUT2D eigenvalue weighted by atomic mass is 10.3. The Morgan fingerprint density at radius 3 is 1.18 bits per heavy atom. The summed E-state index contributed by atoms with van der Waals surface area (Å²) in [5.41, 5.74) is 0. The van der Waals surface area contributed by atoms with E-state index in [9.17, 15) is 9.59 Å². The van der Waals surface area contributed by atoms with Crippen LogP contribution < -0.4 is 0 Å². The molecule has 1 saturated heterocycles. The number of likely N-dealkylation sites (N-methyl/N-ethyl adjacent to an activating group) is 2. The summed E-state index contributed by atoms with van der Waals surface area (Å²) < 4.78 is 0. The molecule has 1 fully saturated rings. The van der Waals surface area contributed by atoms with E-state index >= 15 is 0 Å². The molecular weight excluding hydrogens is 280 g/mol. The molecule has 1 aliphatic rings. The number of piperazine rings is 1. The summed E-state index contributed by atoms with van der Waals surface area (Å²) in [6.07, 6.45) is 0. The number of carbonyl (C=O) groups excluding carboxylic acids is 2. The zero-order valence-electron chi connectivity index (χ0n) is 14.7. The summed E-state index contributed by atoms with van der Waals surface area (Å²) in [6.45, 7) is 15.6. The molecule has 0 bridgehead atoms. The average Bonchev–Trinajstić information content (AvgIpc) is 2.51. The molecule has 0 aromatic heterocycles. The lowest BCUT2D eigenvalue weighted by molar-refractivity contribution is -0.134. The van der Waals surface area contributed by atoms with Crippen LogP contribution in [0.25, 0.3) is 0 Å². The first-order chi connectivity index (χ1) is 10.5. The van der Waals surface area contributed by atoms with Crippen LogP contribution in [0, 0.1) is 0 Å². The summed E-state index contributed by atoms with van der Waals surface area (Å²) >= 11 is 0. The highest BCUT2D eigenvalue weighted by Crippen LogP contribution is 2.04. The summed E-state index contributed by atoms with van der Waals surface area (Å²) in [7, 11) is 0. The van der Waals surface area contributed by atoms with Gasteiger partial charge in [0.25, 0.3) is 0 Å². The van der Waals surface area contributed by atoms with Gasteiger partial charge in [-0.15, -0.1) is 0 Å². The van der Waals surface area contributed by atoms with E-state index < -0.39 is 0 Å². The normalized spacial score (nSPS) is 16.5. The van der Waals surface area contributed by atoms with Crippen LogP contribution in [0.1, 0.15) is 27.7 Å². The minimum Gasteiger partial charge on any atom is -0.342 e. The number of hydrogen-bond acceptors (Lipinski definition) is 4. The molecule has 22 heavy (non-hydrogen) atoms. The van der Waals surface area contributed by atoms with Gasteiger partial charge in [-0.1, -0.05) is 0 Å². The van der Waals surface area contributed by atoms with E-state index in [2.05, 4.69) is 9.80 Å². The highest BCUT2D eigenvalue weighted by molar-refractivity contribution is 5.78. The number of amides is 2. The van der Waals surface area contributed by atoms with E-state index in [0.29, 0.717) is 13.1 Å². The van der Waals surface area contributed by atoms with Crippen LogP contribution >= 0.6 is 0 Å². The number of nitrogens with zero attached hydrogens (tertiary/aromatic N) is 4. The van der Waals surface area contributed by atoms with E-state index in [-0.39, 0.29) is 11.8 Å². The van der Waals surface area contributed by atoms with Gasteiger partial charge in [0.2, 0.25) is 11.8 Å². The predicted molar refractivity (Wildman–Crippen MR) is 88.7 cm³/mol. The Hall–Kier alpha value is -1.14. The van der Waals surface area contributed by atoms with Crippen molar-refractivity contribution >= 4 is 11.8 Å². The molecule has 0 aliphatic carbocycles. The molecule has 0 saturated carbocycles. The number of hydrogen-bond donors (Lipinski definition) is 0. The van der Waals surface area contributed by atoms with Crippen LogP contribution in [-0.2, 0) is 9.59 Å². The number of carbonyl (C=O) groups is 2. The first-order valence-electron chi connectivity index (χ1n) is 8.55. The van der Waals surface area contributed by atoms with Gasteiger partial charge in [-0.3, -0.25) is 19.4 Å². The molecule has 6 heteroatoms. The monoisotopic (exact) mass is 312 g/mol. The minimum atomic E-state index is 0.206. The van der Waals surface area contributed by atoms with Crippen LogP contribution in [0.5, 0.6) is 0 Å². The van der Waals surface area contributed by atoms with Crippen LogP contribution in [0.3, 0.4) is 0 Å². The maximum Gasteiger partial charge on any atom is 0.236 e. The maximum absolute atomic E-state index is 12.1. The maximum atomic E-state index is 12.1. The van der Waals surface area contributed by atoms with E-state index in [4.69, 9.17) is 0 Å². The van der Waals surface area contributed by atoms with Crippen molar-refractivity contribution in [3.63, 3.8) is 0 Å². The molecule has 6 nitrogen and oxygen atoms in total. The van der Waals surface area contributed by atoms with Gasteiger partial charge in [0, 0.05) is 52.4 Å². The fourth-order valence-corrected chi connectivity index (χ4v) is 2.84. The summed E-state index contributed by atoms with van der Waals surface area (Å²) in [5, 5.41) is 0. The molecule has 128 valence electrons. The van der Waals surface area contributed by atoms with Crippen LogP contribution in [0.2, 0.25) is 0 Å². The lowest BCUT2D eigenvalue weighted by Gasteiger charge is -2.35. The molecule has 1 aliphatic heterocycles. The Balaban J connectivity index is 2.34. The van der Waals surface area contributed by atoms with E-state index in [0.717, 1.165) is 52.4 Å². The predicted octanol–water partition coefficient (Wildman–Crippen LogP) is 0.341. The lowest BCUT2D eigenvalue weighted by Crippen LogP contribution is -2.52. The quantitative estimate of drug-likeness (QED) is 0.648. The average molecular weight is 312 g/mol. The molecule has 2 amide bonds. The van der Waals surface area contributed by atoms with Gasteiger partial charge >= 0.3 is 0 Å². The van der Waals surface area contributed by atoms with Gasteiger partial charge in [-0.25, -0.2) is 0 Å². The Morgan fingerprint density at radius 1 is 0.682 bits per heavy atom. The van der Waals surface area contributed by atoms with Gasteiger partial charge < -0.3 is 9.80 Å². The molecule has 1 heterocycles. The van der Waals surface area contributed by atoms with Gasteiger partial charge in [0.15, 0.2) is 0 Å². The topological polar surface area (TPSA) is 47.1 Å². The van der Waals surface area contributed by atoms with Gasteiger partial charge in [-0.05, 0) is 27.7 Å². The second-order valence-corrected chi connectivity index (χ2v) is 5.68. The molecule has 1 rings (SSSR count). The fourth-order valence-electron chi connectivity index (χ4n) is 2.84. The summed E-state index contributed by atoms with van der Waals surface area (Å²) in [5.74, 6) is 0.412. The largest absolute Gasteiger partial charge is 0.342 e. The summed E-state index contributed by atoms with van der Waals surface area (Å²) in [6, 6.07) is 0. The Kier molecular flexibility index (Phi) is 8.42. The van der Waals surface area contributed by atoms with E-state index in [1.807, 2.05) is 37.5 Å². The van der Waals surface area contributed by atoms with Gasteiger partial charge in [0.1, 0.15) is 0 Å². The Bertz CT molecular complexity index is 312. The van der Waals surface area contributed by atoms with Crippen molar-refractivity contribution in [2.24, 2.45) is 0 Å². The third kappa shape index (κ3) is 5.57. The standard InChI is InChI=1S/C16H32N4O2/c1-5-19(6-2)15(21)13-17-9-11-18(12-10-17)14-16(22)20(7-3)8-4/h5-14H2,1-4H3. The number of rotatable bonds is 8. The van der Waals surface area contributed by atoms with Crippen molar-refractivity contribution in [3.05, 3.63) is 0 Å².